The second-order valence-corrected chi connectivity index (χ2v) is 5.82. The predicted octanol–water partition coefficient (Wildman–Crippen LogP) is 2.31. The summed E-state index contributed by atoms with van der Waals surface area (Å²) >= 11 is 0. The molecule has 4 rings (SSSR count). The molecule has 0 fully saturated rings. The summed E-state index contributed by atoms with van der Waals surface area (Å²) in [5, 5.41) is 6.60. The van der Waals surface area contributed by atoms with Gasteiger partial charge in [0.2, 0.25) is 0 Å². The average Bonchev–Trinajstić information content (AvgIpc) is 3.22. The molecule has 0 bridgehead atoms. The molecule has 2 aliphatic heterocycles. The third-order valence-corrected chi connectivity index (χ3v) is 4.42. The number of nitrogens with one attached hydrogen (secondary N) is 1. The standard InChI is InChI=1S/C16H17N5O/c1-20-8-14(18-10-20)13(19-22)6-15-11-4-2-3-5-12(11)16-7-17-9-21(15)16/h2-5,7-9,13,15,18H,6,10H2,1H3. The van der Waals surface area contributed by atoms with E-state index in [9.17, 15) is 4.91 Å². The van der Waals surface area contributed by atoms with E-state index < -0.39 is 0 Å². The Morgan fingerprint density at radius 1 is 1.45 bits per heavy atom. The second kappa shape index (κ2) is 4.98. The van der Waals surface area contributed by atoms with Crippen LogP contribution in [0.2, 0.25) is 0 Å². The third kappa shape index (κ3) is 1.91. The number of hydrogen-bond donors (Lipinski definition) is 1. The van der Waals surface area contributed by atoms with Gasteiger partial charge >= 0.3 is 0 Å². The molecular weight excluding hydrogens is 278 g/mol. The molecular formula is C16H17N5O. The van der Waals surface area contributed by atoms with Gasteiger partial charge in [0.25, 0.3) is 0 Å². The molecule has 2 aromatic rings. The number of hydrogen-bond acceptors (Lipinski definition) is 5. The van der Waals surface area contributed by atoms with Crippen LogP contribution in [-0.4, -0.2) is 34.2 Å². The highest BCUT2D eigenvalue weighted by Crippen LogP contribution is 2.42. The number of nitroso groups, excluding NO2 is 1. The number of nitrogens with zero attached hydrogens (tertiary/aromatic N) is 4. The summed E-state index contributed by atoms with van der Waals surface area (Å²) in [7, 11) is 1.97. The van der Waals surface area contributed by atoms with Crippen LogP contribution in [0, 0.1) is 4.91 Å². The molecule has 0 saturated carbocycles. The van der Waals surface area contributed by atoms with Crippen LogP contribution in [0.5, 0.6) is 0 Å². The molecule has 6 heteroatoms. The molecule has 2 aliphatic rings. The van der Waals surface area contributed by atoms with Crippen LogP contribution >= 0.6 is 0 Å². The molecule has 0 aliphatic carbocycles. The van der Waals surface area contributed by atoms with Crippen molar-refractivity contribution in [2.75, 3.05) is 13.7 Å². The van der Waals surface area contributed by atoms with E-state index in [1.165, 1.54) is 11.1 Å². The van der Waals surface area contributed by atoms with Gasteiger partial charge in [-0.05, 0) is 5.56 Å². The van der Waals surface area contributed by atoms with Crippen molar-refractivity contribution in [3.05, 3.63) is 59.2 Å². The fourth-order valence-electron chi connectivity index (χ4n) is 3.36. The minimum absolute atomic E-state index is 0.102. The zero-order chi connectivity index (χ0) is 15.1. The summed E-state index contributed by atoms with van der Waals surface area (Å²) < 4.78 is 2.14. The molecule has 22 heavy (non-hydrogen) atoms. The summed E-state index contributed by atoms with van der Waals surface area (Å²) in [6, 6.07) is 8.02. The van der Waals surface area contributed by atoms with Crippen molar-refractivity contribution in [3.8, 4) is 11.3 Å². The smallest absolute Gasteiger partial charge is 0.135 e. The maximum atomic E-state index is 11.4. The lowest BCUT2D eigenvalue weighted by atomic mass is 9.97. The molecule has 6 nitrogen and oxygen atoms in total. The van der Waals surface area contributed by atoms with Gasteiger partial charge in [0.05, 0.1) is 36.6 Å². The molecule has 0 radical (unpaired) electrons. The summed E-state index contributed by atoms with van der Waals surface area (Å²) in [4.78, 5) is 17.6. The third-order valence-electron chi connectivity index (χ3n) is 4.42. The Labute approximate surface area is 128 Å². The van der Waals surface area contributed by atoms with Crippen molar-refractivity contribution >= 4 is 0 Å². The van der Waals surface area contributed by atoms with Gasteiger partial charge in [-0.25, -0.2) is 4.98 Å². The highest BCUT2D eigenvalue weighted by molar-refractivity contribution is 5.68. The van der Waals surface area contributed by atoms with Gasteiger partial charge < -0.3 is 14.8 Å². The van der Waals surface area contributed by atoms with Crippen molar-refractivity contribution in [2.24, 2.45) is 5.18 Å². The van der Waals surface area contributed by atoms with Gasteiger partial charge in [0, 0.05) is 25.2 Å². The summed E-state index contributed by atoms with van der Waals surface area (Å²) in [5.41, 5.74) is 4.43. The normalized spacial score (nSPS) is 20.1. The largest absolute Gasteiger partial charge is 0.368 e. The first-order valence-electron chi connectivity index (χ1n) is 7.37. The Kier molecular flexibility index (Phi) is 2.96. The van der Waals surface area contributed by atoms with Gasteiger partial charge in [-0.15, -0.1) is 0 Å². The quantitative estimate of drug-likeness (QED) is 0.879. The fourth-order valence-corrected chi connectivity index (χ4v) is 3.36. The van der Waals surface area contributed by atoms with Crippen LogP contribution < -0.4 is 5.32 Å². The van der Waals surface area contributed by atoms with Gasteiger partial charge in [0.1, 0.15) is 6.04 Å². The Morgan fingerprint density at radius 2 is 2.32 bits per heavy atom. The number of rotatable bonds is 4. The maximum absolute atomic E-state index is 11.4. The number of fused-ring (bicyclic) bond motifs is 3. The molecule has 1 N–H and O–H groups in total. The average molecular weight is 295 g/mol. The van der Waals surface area contributed by atoms with Crippen LogP contribution in [0.3, 0.4) is 0 Å². The highest BCUT2D eigenvalue weighted by atomic mass is 16.3. The number of aromatic nitrogens is 2. The minimum atomic E-state index is -0.378. The van der Waals surface area contributed by atoms with Crippen molar-refractivity contribution < 1.29 is 0 Å². The molecule has 112 valence electrons. The van der Waals surface area contributed by atoms with E-state index in [4.69, 9.17) is 0 Å². The van der Waals surface area contributed by atoms with Gasteiger partial charge in [0.15, 0.2) is 0 Å². The van der Waals surface area contributed by atoms with E-state index in [-0.39, 0.29) is 12.1 Å². The first-order valence-corrected chi connectivity index (χ1v) is 7.37. The molecule has 2 unspecified atom stereocenters. The maximum Gasteiger partial charge on any atom is 0.135 e. The van der Waals surface area contributed by atoms with Crippen molar-refractivity contribution in [1.82, 2.24) is 19.8 Å². The zero-order valence-corrected chi connectivity index (χ0v) is 12.3. The van der Waals surface area contributed by atoms with Crippen molar-refractivity contribution in [1.29, 1.82) is 0 Å². The van der Waals surface area contributed by atoms with Gasteiger partial charge in [-0.3, -0.25) is 0 Å². The molecule has 2 atom stereocenters. The first kappa shape index (κ1) is 13.1. The summed E-state index contributed by atoms with van der Waals surface area (Å²) in [6.45, 7) is 0.721. The van der Waals surface area contributed by atoms with E-state index in [1.807, 2.05) is 42.8 Å². The Balaban J connectivity index is 1.68. The second-order valence-electron chi connectivity index (χ2n) is 5.82. The number of imidazole rings is 1. The minimum Gasteiger partial charge on any atom is -0.368 e. The Morgan fingerprint density at radius 3 is 3.09 bits per heavy atom. The van der Waals surface area contributed by atoms with E-state index >= 15 is 0 Å². The predicted molar refractivity (Wildman–Crippen MR) is 83.9 cm³/mol. The fraction of sp³-hybridized carbons (Fsp3) is 0.312. The van der Waals surface area contributed by atoms with Crippen LogP contribution in [0.4, 0.5) is 0 Å². The Hall–Kier alpha value is -2.63. The van der Waals surface area contributed by atoms with Crippen LogP contribution in [0.15, 0.2) is 53.9 Å². The van der Waals surface area contributed by atoms with E-state index in [1.54, 1.807) is 0 Å². The van der Waals surface area contributed by atoms with E-state index in [2.05, 4.69) is 32.2 Å². The SMILES string of the molecule is CN1C=C(C(CC2c3ccccc3-c3cncn32)N=O)NC1. The monoisotopic (exact) mass is 295 g/mol. The lowest BCUT2D eigenvalue weighted by Crippen LogP contribution is -2.24. The Bertz CT molecular complexity index is 750. The lowest BCUT2D eigenvalue weighted by molar-refractivity contribution is 0.467. The van der Waals surface area contributed by atoms with E-state index in [0.29, 0.717) is 6.42 Å². The van der Waals surface area contributed by atoms with Gasteiger partial charge in [-0.1, -0.05) is 29.4 Å². The lowest BCUT2D eigenvalue weighted by Gasteiger charge is -2.18. The molecule has 1 aromatic heterocycles. The molecule has 1 aromatic carbocycles. The van der Waals surface area contributed by atoms with Crippen molar-refractivity contribution in [3.63, 3.8) is 0 Å². The summed E-state index contributed by atoms with van der Waals surface area (Å²) in [6.07, 6.45) is 6.31. The zero-order valence-electron chi connectivity index (χ0n) is 12.3. The van der Waals surface area contributed by atoms with Crippen LogP contribution in [0.1, 0.15) is 18.0 Å². The number of benzene rings is 1. The topological polar surface area (TPSA) is 62.5 Å². The highest BCUT2D eigenvalue weighted by Gasteiger charge is 2.32. The molecule has 3 heterocycles. The van der Waals surface area contributed by atoms with E-state index in [0.717, 1.165) is 18.1 Å². The first-order chi connectivity index (χ1) is 10.8. The molecule has 0 spiro atoms. The molecule has 0 amide bonds. The van der Waals surface area contributed by atoms with Crippen LogP contribution in [0.25, 0.3) is 11.3 Å². The van der Waals surface area contributed by atoms with Crippen LogP contribution in [-0.2, 0) is 0 Å². The molecule has 0 saturated heterocycles. The summed E-state index contributed by atoms with van der Waals surface area (Å²) in [5.74, 6) is 0. The van der Waals surface area contributed by atoms with Crippen molar-refractivity contribution in [2.45, 2.75) is 18.5 Å². The van der Waals surface area contributed by atoms with Gasteiger partial charge in [-0.2, -0.15) is 4.91 Å².